The Kier molecular flexibility index (Phi) is 3.01. The highest BCUT2D eigenvalue weighted by molar-refractivity contribution is 4.81. The standard InChI is InChI=1S/C10H20N2/c1-2-5-9(4-1)12-10-6-3-7-11-8-10/h9-12H,1-8H2. The van der Waals surface area contributed by atoms with Crippen molar-refractivity contribution in [2.75, 3.05) is 13.1 Å². The van der Waals surface area contributed by atoms with E-state index in [0.717, 1.165) is 12.1 Å². The monoisotopic (exact) mass is 168 g/mol. The zero-order valence-corrected chi connectivity index (χ0v) is 7.81. The van der Waals surface area contributed by atoms with Gasteiger partial charge in [-0.25, -0.2) is 0 Å². The van der Waals surface area contributed by atoms with Crippen molar-refractivity contribution in [3.8, 4) is 0 Å². The molecule has 2 aliphatic rings. The van der Waals surface area contributed by atoms with Crippen molar-refractivity contribution in [1.82, 2.24) is 10.6 Å². The lowest BCUT2D eigenvalue weighted by Gasteiger charge is -2.27. The first-order chi connectivity index (χ1) is 5.95. The van der Waals surface area contributed by atoms with Gasteiger partial charge in [-0.15, -0.1) is 0 Å². The molecular weight excluding hydrogens is 148 g/mol. The van der Waals surface area contributed by atoms with Crippen molar-refractivity contribution in [3.05, 3.63) is 0 Å². The summed E-state index contributed by atoms with van der Waals surface area (Å²) in [7, 11) is 0. The van der Waals surface area contributed by atoms with E-state index in [2.05, 4.69) is 10.6 Å². The minimum atomic E-state index is 0.766. The summed E-state index contributed by atoms with van der Waals surface area (Å²) in [6, 6.07) is 1.61. The SMILES string of the molecule is C1CCC(NC2CCCNC2)C1. The molecule has 1 atom stereocenters. The lowest BCUT2D eigenvalue weighted by atomic mass is 10.1. The molecule has 1 saturated heterocycles. The Morgan fingerprint density at radius 2 is 1.67 bits per heavy atom. The zero-order chi connectivity index (χ0) is 8.23. The summed E-state index contributed by atoms with van der Waals surface area (Å²) in [6.45, 7) is 2.42. The third-order valence-electron chi connectivity index (χ3n) is 3.12. The van der Waals surface area contributed by atoms with Crippen molar-refractivity contribution in [3.63, 3.8) is 0 Å². The third-order valence-corrected chi connectivity index (χ3v) is 3.12. The van der Waals surface area contributed by atoms with Crippen LogP contribution in [0.1, 0.15) is 38.5 Å². The minimum absolute atomic E-state index is 0.766. The van der Waals surface area contributed by atoms with Crippen molar-refractivity contribution in [2.45, 2.75) is 50.6 Å². The molecule has 0 bridgehead atoms. The predicted molar refractivity (Wildman–Crippen MR) is 51.3 cm³/mol. The smallest absolute Gasteiger partial charge is 0.0195 e. The van der Waals surface area contributed by atoms with E-state index >= 15 is 0 Å². The van der Waals surface area contributed by atoms with Gasteiger partial charge in [-0.2, -0.15) is 0 Å². The first-order valence-electron chi connectivity index (χ1n) is 5.42. The van der Waals surface area contributed by atoms with E-state index < -0.39 is 0 Å². The molecule has 1 aliphatic heterocycles. The fourth-order valence-electron chi connectivity index (χ4n) is 2.42. The molecule has 1 aliphatic carbocycles. The maximum absolute atomic E-state index is 3.76. The quantitative estimate of drug-likeness (QED) is 0.649. The van der Waals surface area contributed by atoms with Gasteiger partial charge in [-0.1, -0.05) is 12.8 Å². The maximum Gasteiger partial charge on any atom is 0.0195 e. The Labute approximate surface area is 75.1 Å². The molecule has 12 heavy (non-hydrogen) atoms. The second-order valence-corrected chi connectivity index (χ2v) is 4.19. The average Bonchev–Trinajstić information content (AvgIpc) is 2.59. The van der Waals surface area contributed by atoms with Crippen molar-refractivity contribution in [1.29, 1.82) is 0 Å². The van der Waals surface area contributed by atoms with Crippen LogP contribution in [-0.4, -0.2) is 25.2 Å². The topological polar surface area (TPSA) is 24.1 Å². The number of nitrogens with one attached hydrogen (secondary N) is 2. The van der Waals surface area contributed by atoms with E-state index in [1.165, 1.54) is 51.6 Å². The first kappa shape index (κ1) is 8.52. The second kappa shape index (κ2) is 4.24. The highest BCUT2D eigenvalue weighted by atomic mass is 15.0. The van der Waals surface area contributed by atoms with Crippen molar-refractivity contribution >= 4 is 0 Å². The predicted octanol–water partition coefficient (Wildman–Crippen LogP) is 1.27. The Balaban J connectivity index is 1.69. The van der Waals surface area contributed by atoms with Gasteiger partial charge in [-0.05, 0) is 32.2 Å². The van der Waals surface area contributed by atoms with Gasteiger partial charge in [-0.3, -0.25) is 0 Å². The van der Waals surface area contributed by atoms with Gasteiger partial charge in [0.1, 0.15) is 0 Å². The van der Waals surface area contributed by atoms with E-state index in [-0.39, 0.29) is 0 Å². The second-order valence-electron chi connectivity index (χ2n) is 4.19. The molecule has 1 saturated carbocycles. The number of hydrogen-bond acceptors (Lipinski definition) is 2. The first-order valence-corrected chi connectivity index (χ1v) is 5.42. The molecule has 0 aromatic rings. The van der Waals surface area contributed by atoms with Crippen LogP contribution in [0.15, 0.2) is 0 Å². The number of rotatable bonds is 2. The summed E-state index contributed by atoms with van der Waals surface area (Å²) in [5, 5.41) is 7.20. The molecule has 2 fully saturated rings. The Hall–Kier alpha value is -0.0800. The molecule has 0 aromatic carbocycles. The fraction of sp³-hybridized carbons (Fsp3) is 1.00. The van der Waals surface area contributed by atoms with E-state index in [1.54, 1.807) is 0 Å². The van der Waals surface area contributed by atoms with Gasteiger partial charge >= 0.3 is 0 Å². The van der Waals surface area contributed by atoms with Crippen LogP contribution in [0.5, 0.6) is 0 Å². The van der Waals surface area contributed by atoms with Gasteiger partial charge in [0.2, 0.25) is 0 Å². The van der Waals surface area contributed by atoms with Gasteiger partial charge in [0.25, 0.3) is 0 Å². The summed E-state index contributed by atoms with van der Waals surface area (Å²) in [5.74, 6) is 0. The Morgan fingerprint density at radius 3 is 2.33 bits per heavy atom. The van der Waals surface area contributed by atoms with Crippen molar-refractivity contribution in [2.24, 2.45) is 0 Å². The summed E-state index contributed by atoms with van der Waals surface area (Å²) in [6.07, 6.45) is 8.44. The highest BCUT2D eigenvalue weighted by Gasteiger charge is 2.19. The molecule has 2 heteroatoms. The summed E-state index contributed by atoms with van der Waals surface area (Å²) in [4.78, 5) is 0. The molecule has 1 unspecified atom stereocenters. The highest BCUT2D eigenvalue weighted by Crippen LogP contribution is 2.19. The number of piperidine rings is 1. The lowest BCUT2D eigenvalue weighted by Crippen LogP contribution is -2.46. The van der Waals surface area contributed by atoms with Crippen LogP contribution in [0.2, 0.25) is 0 Å². The fourth-order valence-corrected chi connectivity index (χ4v) is 2.42. The minimum Gasteiger partial charge on any atom is -0.315 e. The van der Waals surface area contributed by atoms with Crippen LogP contribution in [0.25, 0.3) is 0 Å². The molecule has 0 amide bonds. The van der Waals surface area contributed by atoms with Crippen LogP contribution in [0, 0.1) is 0 Å². The molecule has 70 valence electrons. The summed E-state index contributed by atoms with van der Waals surface area (Å²) >= 11 is 0. The summed E-state index contributed by atoms with van der Waals surface area (Å²) in [5.41, 5.74) is 0. The normalized spacial score (nSPS) is 32.5. The largest absolute Gasteiger partial charge is 0.315 e. The van der Waals surface area contributed by atoms with Crippen molar-refractivity contribution < 1.29 is 0 Å². The van der Waals surface area contributed by atoms with Crippen LogP contribution in [0.4, 0.5) is 0 Å². The molecule has 1 heterocycles. The van der Waals surface area contributed by atoms with Crippen LogP contribution >= 0.6 is 0 Å². The van der Waals surface area contributed by atoms with Crippen LogP contribution in [0.3, 0.4) is 0 Å². The third kappa shape index (κ3) is 2.20. The van der Waals surface area contributed by atoms with Gasteiger partial charge in [0, 0.05) is 18.6 Å². The summed E-state index contributed by atoms with van der Waals surface area (Å²) < 4.78 is 0. The van der Waals surface area contributed by atoms with Gasteiger partial charge in [0.05, 0.1) is 0 Å². The number of hydrogen-bond donors (Lipinski definition) is 2. The maximum atomic E-state index is 3.76. The van der Waals surface area contributed by atoms with E-state index in [9.17, 15) is 0 Å². The van der Waals surface area contributed by atoms with E-state index in [0.29, 0.717) is 0 Å². The Morgan fingerprint density at radius 1 is 0.917 bits per heavy atom. The average molecular weight is 168 g/mol. The van der Waals surface area contributed by atoms with Gasteiger partial charge in [0.15, 0.2) is 0 Å². The lowest BCUT2D eigenvalue weighted by molar-refractivity contribution is 0.351. The van der Waals surface area contributed by atoms with Crippen LogP contribution in [-0.2, 0) is 0 Å². The molecule has 0 aromatic heterocycles. The molecule has 0 radical (unpaired) electrons. The molecule has 2 nitrogen and oxygen atoms in total. The van der Waals surface area contributed by atoms with E-state index in [4.69, 9.17) is 0 Å². The Bertz CT molecular complexity index is 124. The molecule has 0 spiro atoms. The van der Waals surface area contributed by atoms with Gasteiger partial charge < -0.3 is 10.6 Å². The molecule has 2 N–H and O–H groups in total. The zero-order valence-electron chi connectivity index (χ0n) is 7.81. The van der Waals surface area contributed by atoms with Crippen LogP contribution < -0.4 is 10.6 Å². The van der Waals surface area contributed by atoms with E-state index in [1.807, 2.05) is 0 Å². The molecular formula is C10H20N2. The molecule has 2 rings (SSSR count).